The first-order chi connectivity index (χ1) is 8.19. The lowest BCUT2D eigenvalue weighted by Crippen LogP contribution is -2.47. The van der Waals surface area contributed by atoms with Gasteiger partial charge in [-0.05, 0) is 45.1 Å². The van der Waals surface area contributed by atoms with Crippen LogP contribution >= 0.6 is 12.2 Å². The van der Waals surface area contributed by atoms with Crippen LogP contribution < -0.4 is 10.9 Å². The van der Waals surface area contributed by atoms with Gasteiger partial charge in [0, 0.05) is 19.3 Å². The highest BCUT2D eigenvalue weighted by Gasteiger charge is 2.08. The average Bonchev–Trinajstić information content (AvgIpc) is 2.38. The molecule has 1 rings (SSSR count). The van der Waals surface area contributed by atoms with Crippen molar-refractivity contribution in [3.63, 3.8) is 0 Å². The summed E-state index contributed by atoms with van der Waals surface area (Å²) in [5, 5.41) is 0.720. The first-order valence-corrected chi connectivity index (χ1v) is 6.31. The normalized spacial score (nSPS) is 11.9. The molecule has 0 amide bonds. The molecule has 2 N–H and O–H groups in total. The number of thiocarbonyl (C=S) groups is 1. The monoisotopic (exact) mass is 252 g/mol. The van der Waals surface area contributed by atoms with E-state index in [2.05, 4.69) is 34.6 Å². The zero-order valence-electron chi connectivity index (χ0n) is 10.6. The van der Waals surface area contributed by atoms with Gasteiger partial charge in [0.1, 0.15) is 0 Å². The third-order valence-electron chi connectivity index (χ3n) is 2.58. The SMILES string of the molecule is CCN(CC)C(=S)NNC(C)c1ccccn1. The topological polar surface area (TPSA) is 40.2 Å². The molecule has 0 aromatic carbocycles. The fourth-order valence-corrected chi connectivity index (χ4v) is 1.78. The van der Waals surface area contributed by atoms with Gasteiger partial charge in [-0.15, -0.1) is 0 Å². The molecule has 4 nitrogen and oxygen atoms in total. The molecule has 94 valence electrons. The number of aromatic nitrogens is 1. The number of nitrogens with one attached hydrogen (secondary N) is 2. The molecule has 0 aliphatic carbocycles. The summed E-state index contributed by atoms with van der Waals surface area (Å²) in [6, 6.07) is 5.98. The van der Waals surface area contributed by atoms with E-state index in [9.17, 15) is 0 Å². The maximum atomic E-state index is 5.27. The molecule has 1 atom stereocenters. The zero-order chi connectivity index (χ0) is 12.7. The third kappa shape index (κ3) is 4.28. The smallest absolute Gasteiger partial charge is 0.183 e. The van der Waals surface area contributed by atoms with Crippen molar-refractivity contribution in [2.75, 3.05) is 13.1 Å². The first-order valence-electron chi connectivity index (χ1n) is 5.90. The van der Waals surface area contributed by atoms with Crippen LogP contribution in [0.4, 0.5) is 0 Å². The summed E-state index contributed by atoms with van der Waals surface area (Å²) in [5.41, 5.74) is 7.19. The number of hydrogen-bond donors (Lipinski definition) is 2. The number of hydrazine groups is 1. The molecule has 17 heavy (non-hydrogen) atoms. The van der Waals surface area contributed by atoms with Crippen molar-refractivity contribution < 1.29 is 0 Å². The number of pyridine rings is 1. The number of hydrogen-bond acceptors (Lipinski definition) is 3. The van der Waals surface area contributed by atoms with Gasteiger partial charge in [-0.2, -0.15) is 0 Å². The highest BCUT2D eigenvalue weighted by atomic mass is 32.1. The molecule has 1 heterocycles. The molecule has 0 aliphatic rings. The van der Waals surface area contributed by atoms with E-state index < -0.39 is 0 Å². The summed E-state index contributed by atoms with van der Waals surface area (Å²) in [7, 11) is 0. The summed E-state index contributed by atoms with van der Waals surface area (Å²) in [6.45, 7) is 8.02. The summed E-state index contributed by atoms with van der Waals surface area (Å²) in [4.78, 5) is 6.36. The van der Waals surface area contributed by atoms with Crippen molar-refractivity contribution in [3.05, 3.63) is 30.1 Å². The summed E-state index contributed by atoms with van der Waals surface area (Å²) in [5.74, 6) is 0. The second kappa shape index (κ2) is 7.19. The van der Waals surface area contributed by atoms with Crippen molar-refractivity contribution in [2.24, 2.45) is 0 Å². The Morgan fingerprint density at radius 2 is 2.12 bits per heavy atom. The van der Waals surface area contributed by atoms with E-state index in [-0.39, 0.29) is 6.04 Å². The molecule has 0 fully saturated rings. The maximum Gasteiger partial charge on any atom is 0.183 e. The minimum absolute atomic E-state index is 0.115. The number of nitrogens with zero attached hydrogens (tertiary/aromatic N) is 2. The second-order valence-corrected chi connectivity index (χ2v) is 4.11. The minimum Gasteiger partial charge on any atom is -0.349 e. The molecule has 0 saturated carbocycles. The first kappa shape index (κ1) is 13.9. The average molecular weight is 252 g/mol. The molecule has 0 spiro atoms. The summed E-state index contributed by atoms with van der Waals surface area (Å²) < 4.78 is 0. The van der Waals surface area contributed by atoms with Crippen molar-refractivity contribution in [1.82, 2.24) is 20.7 Å². The van der Waals surface area contributed by atoms with Gasteiger partial charge in [-0.1, -0.05) is 6.07 Å². The standard InChI is InChI=1S/C12H20N4S/c1-4-16(5-2)12(17)15-14-10(3)11-8-6-7-9-13-11/h6-10,14H,4-5H2,1-3H3,(H,15,17). The lowest BCUT2D eigenvalue weighted by Gasteiger charge is -2.24. The van der Waals surface area contributed by atoms with E-state index >= 15 is 0 Å². The Hall–Kier alpha value is -1.20. The Bertz CT molecular complexity index is 338. The Morgan fingerprint density at radius 1 is 1.41 bits per heavy atom. The molecule has 0 radical (unpaired) electrons. The van der Waals surface area contributed by atoms with Gasteiger partial charge in [0.05, 0.1) is 11.7 Å². The predicted molar refractivity (Wildman–Crippen MR) is 74.4 cm³/mol. The molecule has 0 aliphatic heterocycles. The van der Waals surface area contributed by atoms with Crippen LogP contribution in [0.3, 0.4) is 0 Å². The lowest BCUT2D eigenvalue weighted by molar-refractivity contribution is 0.429. The Morgan fingerprint density at radius 3 is 2.65 bits per heavy atom. The highest BCUT2D eigenvalue weighted by Crippen LogP contribution is 2.06. The van der Waals surface area contributed by atoms with Gasteiger partial charge in [-0.25, -0.2) is 5.43 Å². The van der Waals surface area contributed by atoms with E-state index in [1.807, 2.05) is 25.1 Å². The second-order valence-electron chi connectivity index (χ2n) is 3.72. The molecule has 5 heteroatoms. The fourth-order valence-electron chi connectivity index (χ4n) is 1.47. The van der Waals surface area contributed by atoms with Gasteiger partial charge in [0.25, 0.3) is 0 Å². The van der Waals surface area contributed by atoms with Crippen LogP contribution in [0.5, 0.6) is 0 Å². The Labute approximate surface area is 108 Å². The van der Waals surface area contributed by atoms with E-state index in [1.165, 1.54) is 0 Å². The van der Waals surface area contributed by atoms with E-state index in [1.54, 1.807) is 6.20 Å². The van der Waals surface area contributed by atoms with Crippen LogP contribution in [-0.2, 0) is 0 Å². The van der Waals surface area contributed by atoms with E-state index in [0.717, 1.165) is 23.9 Å². The van der Waals surface area contributed by atoms with Crippen LogP contribution in [-0.4, -0.2) is 28.1 Å². The van der Waals surface area contributed by atoms with Gasteiger partial charge in [-0.3, -0.25) is 10.4 Å². The largest absolute Gasteiger partial charge is 0.349 e. The number of rotatable bonds is 5. The maximum absolute atomic E-state index is 5.27. The Kier molecular flexibility index (Phi) is 5.86. The fraction of sp³-hybridized carbons (Fsp3) is 0.500. The molecule has 1 unspecified atom stereocenters. The third-order valence-corrected chi connectivity index (χ3v) is 2.94. The van der Waals surface area contributed by atoms with Crippen LogP contribution in [0.2, 0.25) is 0 Å². The van der Waals surface area contributed by atoms with Gasteiger partial charge in [0.2, 0.25) is 0 Å². The summed E-state index contributed by atoms with van der Waals surface area (Å²) in [6.07, 6.45) is 1.79. The lowest BCUT2D eigenvalue weighted by atomic mass is 10.2. The minimum atomic E-state index is 0.115. The highest BCUT2D eigenvalue weighted by molar-refractivity contribution is 7.80. The van der Waals surface area contributed by atoms with Crippen molar-refractivity contribution in [2.45, 2.75) is 26.8 Å². The molecular formula is C12H20N4S. The summed E-state index contributed by atoms with van der Waals surface area (Å²) >= 11 is 5.27. The van der Waals surface area contributed by atoms with Gasteiger partial charge in [0.15, 0.2) is 5.11 Å². The predicted octanol–water partition coefficient (Wildman–Crippen LogP) is 1.86. The van der Waals surface area contributed by atoms with E-state index in [4.69, 9.17) is 12.2 Å². The zero-order valence-corrected chi connectivity index (χ0v) is 11.4. The van der Waals surface area contributed by atoms with Gasteiger partial charge >= 0.3 is 0 Å². The van der Waals surface area contributed by atoms with Crippen LogP contribution in [0.15, 0.2) is 24.4 Å². The van der Waals surface area contributed by atoms with E-state index in [0.29, 0.717) is 0 Å². The Balaban J connectivity index is 2.43. The molecular weight excluding hydrogens is 232 g/mol. The van der Waals surface area contributed by atoms with Crippen LogP contribution in [0.25, 0.3) is 0 Å². The molecule has 0 bridgehead atoms. The molecule has 1 aromatic heterocycles. The van der Waals surface area contributed by atoms with Gasteiger partial charge < -0.3 is 4.90 Å². The van der Waals surface area contributed by atoms with Crippen LogP contribution in [0.1, 0.15) is 32.5 Å². The van der Waals surface area contributed by atoms with Crippen LogP contribution in [0, 0.1) is 0 Å². The van der Waals surface area contributed by atoms with Crippen molar-refractivity contribution in [1.29, 1.82) is 0 Å². The van der Waals surface area contributed by atoms with Crippen molar-refractivity contribution in [3.8, 4) is 0 Å². The quantitative estimate of drug-likeness (QED) is 0.618. The van der Waals surface area contributed by atoms with Crippen molar-refractivity contribution >= 4 is 17.3 Å². The molecule has 1 aromatic rings. The molecule has 0 saturated heterocycles.